The van der Waals surface area contributed by atoms with Gasteiger partial charge in [-0.2, -0.15) is 0 Å². The minimum atomic E-state index is -3.33. The zero-order valence-electron chi connectivity index (χ0n) is 11.0. The zero-order chi connectivity index (χ0) is 14.1. The third kappa shape index (κ3) is 6.56. The van der Waals surface area contributed by atoms with E-state index in [-0.39, 0.29) is 12.4 Å². The number of nitrogens with two attached hydrogens (primary N) is 1. The summed E-state index contributed by atoms with van der Waals surface area (Å²) in [5.74, 6) is -0.0870. The topological polar surface area (TPSA) is 92.4 Å². The van der Waals surface area contributed by atoms with Gasteiger partial charge in [0.1, 0.15) is 0 Å². The first-order valence-corrected chi connectivity index (χ1v) is 8.12. The van der Waals surface area contributed by atoms with Crippen LogP contribution in [0, 0.1) is 0 Å². The monoisotopic (exact) mass is 286 g/mol. The maximum atomic E-state index is 11.8. The van der Waals surface area contributed by atoms with Crippen molar-refractivity contribution < 1.29 is 13.5 Å². The van der Waals surface area contributed by atoms with Crippen molar-refractivity contribution in [1.82, 2.24) is 4.72 Å². The van der Waals surface area contributed by atoms with Gasteiger partial charge in [0, 0.05) is 18.8 Å². The fraction of sp³-hybridized carbons (Fsp3) is 0.538. The highest BCUT2D eigenvalue weighted by Gasteiger charge is 2.12. The summed E-state index contributed by atoms with van der Waals surface area (Å²) in [6.45, 7) is 0.625. The Morgan fingerprint density at radius 2 is 1.79 bits per heavy atom. The second-order valence-corrected chi connectivity index (χ2v) is 6.30. The number of aliphatic hydroxyl groups is 1. The molecule has 0 fully saturated rings. The first-order valence-electron chi connectivity index (χ1n) is 6.47. The standard InChI is InChI=1S/C13H22N2O3S/c14-13-8-4-3-7-12(13)11-19(17,18)15-9-5-1-2-6-10-16/h3-4,7-8,15-16H,1-2,5-6,9-11,14H2. The number of sulfonamides is 1. The van der Waals surface area contributed by atoms with Gasteiger partial charge in [0.05, 0.1) is 5.75 Å². The van der Waals surface area contributed by atoms with Gasteiger partial charge >= 0.3 is 0 Å². The highest BCUT2D eigenvalue weighted by molar-refractivity contribution is 7.88. The Balaban J connectivity index is 2.34. The lowest BCUT2D eigenvalue weighted by Crippen LogP contribution is -2.26. The molecule has 0 radical (unpaired) electrons. The first kappa shape index (κ1) is 15.9. The number of rotatable bonds is 9. The molecule has 1 rings (SSSR count). The van der Waals surface area contributed by atoms with E-state index in [0.717, 1.165) is 25.7 Å². The Morgan fingerprint density at radius 3 is 2.47 bits per heavy atom. The highest BCUT2D eigenvalue weighted by atomic mass is 32.2. The van der Waals surface area contributed by atoms with Gasteiger partial charge < -0.3 is 10.8 Å². The van der Waals surface area contributed by atoms with Gasteiger partial charge in [-0.25, -0.2) is 13.1 Å². The third-order valence-corrected chi connectivity index (χ3v) is 4.14. The SMILES string of the molecule is Nc1ccccc1CS(=O)(=O)NCCCCCCO. The molecule has 0 heterocycles. The molecule has 0 atom stereocenters. The molecule has 108 valence electrons. The van der Waals surface area contributed by atoms with Crippen LogP contribution in [0.25, 0.3) is 0 Å². The predicted octanol–water partition coefficient (Wildman–Crippen LogP) is 1.24. The molecule has 1 aromatic rings. The summed E-state index contributed by atoms with van der Waals surface area (Å²) in [7, 11) is -3.33. The first-order chi connectivity index (χ1) is 9.05. The largest absolute Gasteiger partial charge is 0.398 e. The lowest BCUT2D eigenvalue weighted by Gasteiger charge is -2.08. The number of hydrogen-bond donors (Lipinski definition) is 3. The van der Waals surface area contributed by atoms with Gasteiger partial charge in [-0.15, -0.1) is 0 Å². The molecule has 0 saturated carbocycles. The fourth-order valence-electron chi connectivity index (χ4n) is 1.74. The Kier molecular flexibility index (Phi) is 6.83. The average molecular weight is 286 g/mol. The summed E-state index contributed by atoms with van der Waals surface area (Å²) in [5.41, 5.74) is 6.84. The van der Waals surface area contributed by atoms with Gasteiger partial charge in [-0.3, -0.25) is 0 Å². The van der Waals surface area contributed by atoms with Crippen molar-refractivity contribution in [3.8, 4) is 0 Å². The van der Waals surface area contributed by atoms with Crippen molar-refractivity contribution in [2.24, 2.45) is 0 Å². The van der Waals surface area contributed by atoms with E-state index in [1.807, 2.05) is 0 Å². The van der Waals surface area contributed by atoms with E-state index < -0.39 is 10.0 Å². The van der Waals surface area contributed by atoms with Gasteiger partial charge in [-0.1, -0.05) is 31.0 Å². The average Bonchev–Trinajstić information content (AvgIpc) is 2.36. The number of nitrogens with one attached hydrogen (secondary N) is 1. The summed E-state index contributed by atoms with van der Waals surface area (Å²) in [6.07, 6.45) is 3.39. The molecule has 0 bridgehead atoms. The van der Waals surface area contributed by atoms with E-state index in [4.69, 9.17) is 10.8 Å². The Morgan fingerprint density at radius 1 is 1.11 bits per heavy atom. The summed E-state index contributed by atoms with van der Waals surface area (Å²) < 4.78 is 26.2. The van der Waals surface area contributed by atoms with Crippen LogP contribution >= 0.6 is 0 Å². The molecule has 0 spiro atoms. The van der Waals surface area contributed by atoms with Crippen molar-refractivity contribution >= 4 is 15.7 Å². The van der Waals surface area contributed by atoms with Crippen molar-refractivity contribution in [2.75, 3.05) is 18.9 Å². The maximum Gasteiger partial charge on any atom is 0.215 e. The molecular formula is C13H22N2O3S. The van der Waals surface area contributed by atoms with Gasteiger partial charge in [0.25, 0.3) is 0 Å². The smallest absolute Gasteiger partial charge is 0.215 e. The third-order valence-electron chi connectivity index (χ3n) is 2.81. The lowest BCUT2D eigenvalue weighted by molar-refractivity contribution is 0.282. The van der Waals surface area contributed by atoms with Crippen LogP contribution in [-0.2, 0) is 15.8 Å². The number of anilines is 1. The molecule has 0 aliphatic carbocycles. The minimum Gasteiger partial charge on any atom is -0.398 e. The van der Waals surface area contributed by atoms with Crippen LogP contribution in [0.1, 0.15) is 31.2 Å². The van der Waals surface area contributed by atoms with Crippen LogP contribution in [0.15, 0.2) is 24.3 Å². The van der Waals surface area contributed by atoms with Gasteiger partial charge in [0.15, 0.2) is 0 Å². The van der Waals surface area contributed by atoms with E-state index >= 15 is 0 Å². The minimum absolute atomic E-state index is 0.0870. The fourth-order valence-corrected chi connectivity index (χ4v) is 2.97. The second-order valence-electron chi connectivity index (χ2n) is 4.49. The molecule has 5 nitrogen and oxygen atoms in total. The van der Waals surface area contributed by atoms with E-state index in [2.05, 4.69) is 4.72 Å². The molecule has 0 unspecified atom stereocenters. The van der Waals surface area contributed by atoms with E-state index in [1.54, 1.807) is 24.3 Å². The summed E-state index contributed by atoms with van der Waals surface area (Å²) in [5, 5.41) is 8.62. The molecular weight excluding hydrogens is 264 g/mol. The van der Waals surface area contributed by atoms with E-state index in [9.17, 15) is 8.42 Å². The van der Waals surface area contributed by atoms with Crippen molar-refractivity contribution in [3.63, 3.8) is 0 Å². The summed E-state index contributed by atoms with van der Waals surface area (Å²) in [6, 6.07) is 6.96. The molecule has 19 heavy (non-hydrogen) atoms. The second kappa shape index (κ2) is 8.14. The molecule has 0 amide bonds. The quantitative estimate of drug-likeness (QED) is 0.470. The number of unbranched alkanes of at least 4 members (excludes halogenated alkanes) is 3. The van der Waals surface area contributed by atoms with E-state index in [1.165, 1.54) is 0 Å². The maximum absolute atomic E-state index is 11.8. The van der Waals surface area contributed by atoms with Crippen LogP contribution in [0.5, 0.6) is 0 Å². The van der Waals surface area contributed by atoms with Crippen LogP contribution in [0.4, 0.5) is 5.69 Å². The molecule has 4 N–H and O–H groups in total. The molecule has 0 saturated heterocycles. The molecule has 6 heteroatoms. The van der Waals surface area contributed by atoms with Crippen molar-refractivity contribution in [2.45, 2.75) is 31.4 Å². The van der Waals surface area contributed by atoms with Crippen LogP contribution in [-0.4, -0.2) is 26.7 Å². The number of para-hydroxylation sites is 1. The van der Waals surface area contributed by atoms with Crippen LogP contribution < -0.4 is 10.5 Å². The van der Waals surface area contributed by atoms with Gasteiger partial charge in [-0.05, 0) is 24.5 Å². The van der Waals surface area contributed by atoms with Crippen molar-refractivity contribution in [3.05, 3.63) is 29.8 Å². The molecule has 1 aromatic carbocycles. The summed E-state index contributed by atoms with van der Waals surface area (Å²) >= 11 is 0. The van der Waals surface area contributed by atoms with Gasteiger partial charge in [0.2, 0.25) is 10.0 Å². The van der Waals surface area contributed by atoms with E-state index in [0.29, 0.717) is 17.8 Å². The van der Waals surface area contributed by atoms with Crippen molar-refractivity contribution in [1.29, 1.82) is 0 Å². The molecule has 0 aliphatic heterocycles. The summed E-state index contributed by atoms with van der Waals surface area (Å²) in [4.78, 5) is 0. The number of aliphatic hydroxyl groups excluding tert-OH is 1. The van der Waals surface area contributed by atoms with Crippen LogP contribution in [0.3, 0.4) is 0 Å². The lowest BCUT2D eigenvalue weighted by atomic mass is 10.2. The number of nitrogen functional groups attached to an aromatic ring is 1. The molecule has 0 aliphatic rings. The number of benzene rings is 1. The number of hydrogen-bond acceptors (Lipinski definition) is 4. The predicted molar refractivity (Wildman–Crippen MR) is 77.0 cm³/mol. The van der Waals surface area contributed by atoms with Crippen LogP contribution in [0.2, 0.25) is 0 Å². The normalized spacial score (nSPS) is 11.6. The Bertz CT molecular complexity index is 475. The Hall–Kier alpha value is -1.11. The highest BCUT2D eigenvalue weighted by Crippen LogP contribution is 2.13. The Labute approximate surface area is 114 Å². The zero-order valence-corrected chi connectivity index (χ0v) is 11.8. The molecule has 0 aromatic heterocycles.